The van der Waals surface area contributed by atoms with Gasteiger partial charge in [-0.15, -0.1) is 0 Å². The molecule has 2 rings (SSSR count). The number of halogens is 3. The summed E-state index contributed by atoms with van der Waals surface area (Å²) >= 11 is 0. The number of benzene rings is 1. The van der Waals surface area contributed by atoms with Crippen molar-refractivity contribution in [2.24, 2.45) is 0 Å². The van der Waals surface area contributed by atoms with Crippen molar-refractivity contribution in [3.8, 4) is 11.5 Å². The molecule has 0 fully saturated rings. The highest BCUT2D eigenvalue weighted by Gasteiger charge is 2.49. The van der Waals surface area contributed by atoms with Crippen LogP contribution in [-0.4, -0.2) is 19.0 Å². The van der Waals surface area contributed by atoms with Gasteiger partial charge in [-0.1, -0.05) is 12.1 Å². The summed E-state index contributed by atoms with van der Waals surface area (Å²) in [7, 11) is -6.08. The topological polar surface area (TPSA) is 93.8 Å². The minimum atomic E-state index is -6.08. The lowest BCUT2D eigenvalue weighted by Crippen LogP contribution is -2.29. The number of hydrogen-bond acceptors (Lipinski definition) is 6. The van der Waals surface area contributed by atoms with Gasteiger partial charge in [0.2, 0.25) is 0 Å². The molecule has 0 bridgehead atoms. The zero-order valence-electron chi connectivity index (χ0n) is 9.34. The van der Waals surface area contributed by atoms with Crippen LogP contribution in [0.3, 0.4) is 0 Å². The molecule has 0 amide bonds. The van der Waals surface area contributed by atoms with Crippen molar-refractivity contribution in [1.82, 2.24) is 0 Å². The molecule has 0 atom stereocenters. The first-order valence-electron chi connectivity index (χ1n) is 4.89. The molecule has 0 unspecified atom stereocenters. The standard InChI is InChI=1S/C10H5F3O6S/c11-10(12,13)20(16,17)19-8-7(14)5-3-1-2-4-6(5)18-9(8)15/h1-4,14H. The monoisotopic (exact) mass is 310 g/mol. The second-order valence-electron chi connectivity index (χ2n) is 3.55. The molecule has 20 heavy (non-hydrogen) atoms. The van der Waals surface area contributed by atoms with Crippen LogP contribution in [0.5, 0.6) is 11.5 Å². The van der Waals surface area contributed by atoms with Crippen LogP contribution in [0.1, 0.15) is 0 Å². The Hall–Kier alpha value is -2.23. The Balaban J connectivity index is 2.65. The molecular weight excluding hydrogens is 305 g/mol. The van der Waals surface area contributed by atoms with Crippen molar-refractivity contribution < 1.29 is 35.3 Å². The summed E-state index contributed by atoms with van der Waals surface area (Å²) in [5.41, 5.74) is -7.42. The van der Waals surface area contributed by atoms with E-state index < -0.39 is 32.8 Å². The predicted molar refractivity (Wildman–Crippen MR) is 59.8 cm³/mol. The summed E-state index contributed by atoms with van der Waals surface area (Å²) in [5, 5.41) is 9.48. The molecular formula is C10H5F3O6S. The molecule has 1 N–H and O–H groups in total. The molecule has 1 heterocycles. The lowest BCUT2D eigenvalue weighted by atomic mass is 10.2. The van der Waals surface area contributed by atoms with Gasteiger partial charge in [0, 0.05) is 0 Å². The summed E-state index contributed by atoms with van der Waals surface area (Å²) in [6.07, 6.45) is 0. The fourth-order valence-electron chi connectivity index (χ4n) is 1.35. The Morgan fingerprint density at radius 3 is 2.40 bits per heavy atom. The molecule has 2 aromatic rings. The van der Waals surface area contributed by atoms with E-state index in [4.69, 9.17) is 0 Å². The maximum atomic E-state index is 12.2. The van der Waals surface area contributed by atoms with E-state index in [-0.39, 0.29) is 11.0 Å². The normalized spacial score (nSPS) is 12.6. The second-order valence-corrected chi connectivity index (χ2v) is 5.08. The Kier molecular flexibility index (Phi) is 3.12. The SMILES string of the molecule is O=c1oc2ccccc2c(O)c1OS(=O)(=O)C(F)(F)F. The third kappa shape index (κ3) is 2.29. The van der Waals surface area contributed by atoms with Crippen LogP contribution in [-0.2, 0) is 10.1 Å². The van der Waals surface area contributed by atoms with E-state index in [2.05, 4.69) is 8.60 Å². The van der Waals surface area contributed by atoms with E-state index in [1.54, 1.807) is 0 Å². The predicted octanol–water partition coefficient (Wildman–Crippen LogP) is 1.73. The van der Waals surface area contributed by atoms with Crippen molar-refractivity contribution in [2.75, 3.05) is 0 Å². The van der Waals surface area contributed by atoms with Crippen LogP contribution < -0.4 is 9.81 Å². The van der Waals surface area contributed by atoms with Gasteiger partial charge in [-0.25, -0.2) is 4.79 Å². The van der Waals surface area contributed by atoms with Crippen LogP contribution in [0.4, 0.5) is 13.2 Å². The number of hydrogen-bond donors (Lipinski definition) is 1. The molecule has 10 heteroatoms. The summed E-state index contributed by atoms with van der Waals surface area (Å²) < 4.78 is 66.3. The maximum absolute atomic E-state index is 12.2. The zero-order valence-corrected chi connectivity index (χ0v) is 10.2. The third-order valence-electron chi connectivity index (χ3n) is 2.22. The molecule has 108 valence electrons. The fraction of sp³-hybridized carbons (Fsp3) is 0.100. The molecule has 1 aromatic carbocycles. The Morgan fingerprint density at radius 1 is 1.20 bits per heavy atom. The second kappa shape index (κ2) is 4.40. The quantitative estimate of drug-likeness (QED) is 0.516. The van der Waals surface area contributed by atoms with Crippen molar-refractivity contribution >= 4 is 21.1 Å². The molecule has 1 aromatic heterocycles. The van der Waals surface area contributed by atoms with Crippen molar-refractivity contribution in [1.29, 1.82) is 0 Å². The number of aromatic hydroxyl groups is 1. The summed E-state index contributed by atoms with van der Waals surface area (Å²) in [6.45, 7) is 0. The van der Waals surface area contributed by atoms with E-state index in [0.29, 0.717) is 0 Å². The number of para-hydroxylation sites is 1. The van der Waals surface area contributed by atoms with Gasteiger partial charge in [0.05, 0.1) is 5.39 Å². The van der Waals surface area contributed by atoms with Crippen LogP contribution in [0.15, 0.2) is 33.5 Å². The maximum Gasteiger partial charge on any atom is 0.534 e. The van der Waals surface area contributed by atoms with E-state index in [0.717, 1.165) is 0 Å². The van der Waals surface area contributed by atoms with Gasteiger partial charge in [-0.05, 0) is 12.1 Å². The lowest BCUT2D eigenvalue weighted by molar-refractivity contribution is -0.0501. The average Bonchev–Trinajstić information content (AvgIpc) is 2.33. The fourth-order valence-corrected chi connectivity index (χ4v) is 1.81. The Labute approximate surface area is 109 Å². The molecule has 0 aliphatic rings. The molecule has 0 aliphatic heterocycles. The smallest absolute Gasteiger partial charge is 0.504 e. The van der Waals surface area contributed by atoms with Gasteiger partial charge in [-0.3, -0.25) is 0 Å². The van der Waals surface area contributed by atoms with Crippen LogP contribution in [0.2, 0.25) is 0 Å². The number of rotatable bonds is 2. The molecule has 0 spiro atoms. The summed E-state index contributed by atoms with van der Waals surface area (Å²) in [4.78, 5) is 11.4. The van der Waals surface area contributed by atoms with Crippen molar-refractivity contribution in [3.05, 3.63) is 34.7 Å². The highest BCUT2D eigenvalue weighted by Crippen LogP contribution is 2.34. The number of alkyl halides is 3. The van der Waals surface area contributed by atoms with Gasteiger partial charge in [0.1, 0.15) is 5.58 Å². The zero-order chi connectivity index (χ0) is 15.1. The average molecular weight is 310 g/mol. The van der Waals surface area contributed by atoms with Gasteiger partial charge >= 0.3 is 21.3 Å². The number of fused-ring (bicyclic) bond motifs is 1. The van der Waals surface area contributed by atoms with Gasteiger partial charge in [0.25, 0.3) is 5.75 Å². The minimum Gasteiger partial charge on any atom is -0.504 e. The Morgan fingerprint density at radius 2 is 1.80 bits per heavy atom. The first-order valence-corrected chi connectivity index (χ1v) is 6.30. The van der Waals surface area contributed by atoms with E-state index in [1.807, 2.05) is 0 Å². The van der Waals surface area contributed by atoms with E-state index in [1.165, 1.54) is 24.3 Å². The minimum absolute atomic E-state index is 0.133. The van der Waals surface area contributed by atoms with Gasteiger partial charge < -0.3 is 13.7 Å². The summed E-state index contributed by atoms with van der Waals surface area (Å²) in [6, 6.07) is 5.31. The van der Waals surface area contributed by atoms with Crippen LogP contribution >= 0.6 is 0 Å². The molecule has 0 saturated carbocycles. The van der Waals surface area contributed by atoms with Crippen LogP contribution in [0.25, 0.3) is 11.0 Å². The molecule has 6 nitrogen and oxygen atoms in total. The summed E-state index contributed by atoms with van der Waals surface area (Å²) in [5.74, 6) is -2.49. The van der Waals surface area contributed by atoms with Gasteiger partial charge in [-0.2, -0.15) is 21.6 Å². The third-order valence-corrected chi connectivity index (χ3v) is 3.17. The highest BCUT2D eigenvalue weighted by atomic mass is 32.2. The van der Waals surface area contributed by atoms with Crippen molar-refractivity contribution in [2.45, 2.75) is 5.51 Å². The van der Waals surface area contributed by atoms with Crippen molar-refractivity contribution in [3.63, 3.8) is 0 Å². The Bertz CT molecular complexity index is 821. The lowest BCUT2D eigenvalue weighted by Gasteiger charge is -2.10. The van der Waals surface area contributed by atoms with Crippen LogP contribution in [0, 0.1) is 0 Å². The first-order chi connectivity index (χ1) is 9.13. The molecule has 0 radical (unpaired) electrons. The van der Waals surface area contributed by atoms with E-state index in [9.17, 15) is 31.5 Å². The first kappa shape index (κ1) is 14.2. The van der Waals surface area contributed by atoms with E-state index >= 15 is 0 Å². The highest BCUT2D eigenvalue weighted by molar-refractivity contribution is 7.88. The molecule has 0 aliphatic carbocycles. The largest absolute Gasteiger partial charge is 0.534 e. The van der Waals surface area contributed by atoms with Gasteiger partial charge in [0.15, 0.2) is 5.75 Å². The molecule has 0 saturated heterocycles.